The lowest BCUT2D eigenvalue weighted by molar-refractivity contribution is -0.137. The number of para-hydroxylation sites is 1. The number of nitriles is 1. The lowest BCUT2D eigenvalue weighted by Crippen LogP contribution is -2.40. The van der Waals surface area contributed by atoms with Crippen molar-refractivity contribution in [2.24, 2.45) is 0 Å². The number of hydrogen-bond donors (Lipinski definition) is 1. The Labute approximate surface area is 188 Å². The zero-order valence-electron chi connectivity index (χ0n) is 18.2. The summed E-state index contributed by atoms with van der Waals surface area (Å²) in [5, 5.41) is 21.3. The molecule has 4 aromatic rings. The van der Waals surface area contributed by atoms with Crippen LogP contribution in [-0.2, 0) is 29.6 Å². The highest BCUT2D eigenvalue weighted by atomic mass is 16.5. The molecule has 0 saturated carbocycles. The van der Waals surface area contributed by atoms with Crippen LogP contribution in [0.15, 0.2) is 45.6 Å². The number of carbonyl (C=O) groups is 1. The summed E-state index contributed by atoms with van der Waals surface area (Å²) in [6.45, 7) is 1.16. The first-order valence-corrected chi connectivity index (χ1v) is 10.6. The van der Waals surface area contributed by atoms with Crippen LogP contribution in [0.4, 0.5) is 0 Å². The molecule has 0 radical (unpaired) electrons. The van der Waals surface area contributed by atoms with E-state index in [0.29, 0.717) is 46.8 Å². The van der Waals surface area contributed by atoms with Gasteiger partial charge in [0.1, 0.15) is 18.0 Å². The number of rotatable bonds is 4. The molecule has 1 aliphatic rings. The van der Waals surface area contributed by atoms with Crippen molar-refractivity contribution in [1.29, 1.82) is 5.26 Å². The first-order valence-electron chi connectivity index (χ1n) is 10.6. The van der Waals surface area contributed by atoms with Crippen LogP contribution in [-0.4, -0.2) is 27.7 Å². The summed E-state index contributed by atoms with van der Waals surface area (Å²) in [6, 6.07) is 13.7. The number of hydrogen-bond acceptors (Lipinski definition) is 6. The van der Waals surface area contributed by atoms with E-state index in [9.17, 15) is 20.0 Å². The molecule has 1 unspecified atom stereocenters. The number of carboxylic acid groups (broad SMARTS) is 1. The monoisotopic (exact) mass is 443 g/mol. The molecule has 5 rings (SSSR count). The second-order valence-corrected chi connectivity index (χ2v) is 8.36. The van der Waals surface area contributed by atoms with Crippen LogP contribution in [0.2, 0.25) is 0 Å². The number of aryl methyl sites for hydroxylation is 2. The van der Waals surface area contributed by atoms with Crippen molar-refractivity contribution in [2.45, 2.75) is 38.1 Å². The standard InChI is InChI=1S/C25H21N3O5/c1-14-27-18-9-10-25(13-26,11-16(18)24(31)28(14)12-21(29)30)17-7-8-20(32-2)23-22(17)15-5-3-4-6-19(15)33-23/h3-8H,9-12H2,1-2H3,(H,29,30). The molecule has 0 aliphatic heterocycles. The number of furan rings is 1. The average molecular weight is 443 g/mol. The average Bonchev–Trinajstić information content (AvgIpc) is 3.21. The zero-order valence-corrected chi connectivity index (χ0v) is 18.2. The maximum absolute atomic E-state index is 13.2. The largest absolute Gasteiger partial charge is 0.493 e. The Balaban J connectivity index is 1.75. The van der Waals surface area contributed by atoms with Crippen molar-refractivity contribution in [3.05, 3.63) is 69.4 Å². The van der Waals surface area contributed by atoms with Crippen molar-refractivity contribution in [3.63, 3.8) is 0 Å². The third-order valence-corrected chi connectivity index (χ3v) is 6.54. The third-order valence-electron chi connectivity index (χ3n) is 6.54. The topological polar surface area (TPSA) is 118 Å². The molecule has 0 bridgehead atoms. The van der Waals surface area contributed by atoms with Gasteiger partial charge in [-0.25, -0.2) is 4.98 Å². The Morgan fingerprint density at radius 1 is 1.33 bits per heavy atom. The summed E-state index contributed by atoms with van der Waals surface area (Å²) in [7, 11) is 1.57. The Morgan fingerprint density at radius 3 is 2.85 bits per heavy atom. The predicted octanol–water partition coefficient (Wildman–Crippen LogP) is 3.49. The van der Waals surface area contributed by atoms with Gasteiger partial charge in [0, 0.05) is 22.8 Å². The van der Waals surface area contributed by atoms with E-state index in [1.165, 1.54) is 0 Å². The number of methoxy groups -OCH3 is 1. The molecular weight excluding hydrogens is 422 g/mol. The van der Waals surface area contributed by atoms with Gasteiger partial charge < -0.3 is 14.3 Å². The Morgan fingerprint density at radius 2 is 2.12 bits per heavy atom. The number of nitrogens with zero attached hydrogens (tertiary/aromatic N) is 3. The Kier molecular flexibility index (Phi) is 4.71. The molecule has 1 aliphatic carbocycles. The van der Waals surface area contributed by atoms with E-state index >= 15 is 0 Å². The number of ether oxygens (including phenoxy) is 1. The SMILES string of the molecule is COc1ccc(C2(C#N)CCc3nc(C)n(CC(=O)O)c(=O)c3C2)c2c1oc1ccccc12. The third kappa shape index (κ3) is 3.08. The van der Waals surface area contributed by atoms with Gasteiger partial charge in [0.25, 0.3) is 5.56 Å². The molecule has 2 aromatic carbocycles. The van der Waals surface area contributed by atoms with Crippen LogP contribution in [0.25, 0.3) is 21.9 Å². The van der Waals surface area contributed by atoms with Gasteiger partial charge in [-0.15, -0.1) is 0 Å². The van der Waals surface area contributed by atoms with Crippen LogP contribution < -0.4 is 10.3 Å². The minimum atomic E-state index is -1.12. The van der Waals surface area contributed by atoms with Crippen molar-refractivity contribution in [1.82, 2.24) is 9.55 Å². The summed E-state index contributed by atoms with van der Waals surface area (Å²) >= 11 is 0. The summed E-state index contributed by atoms with van der Waals surface area (Å²) in [6.07, 6.45) is 1.06. The van der Waals surface area contributed by atoms with Gasteiger partial charge in [0.2, 0.25) is 0 Å². The maximum Gasteiger partial charge on any atom is 0.323 e. The fourth-order valence-corrected chi connectivity index (χ4v) is 4.93. The van der Waals surface area contributed by atoms with E-state index in [0.717, 1.165) is 20.9 Å². The molecule has 0 fully saturated rings. The van der Waals surface area contributed by atoms with Gasteiger partial charge >= 0.3 is 5.97 Å². The minimum absolute atomic E-state index is 0.144. The highest BCUT2D eigenvalue weighted by molar-refractivity contribution is 6.09. The van der Waals surface area contributed by atoms with Crippen LogP contribution >= 0.6 is 0 Å². The maximum atomic E-state index is 13.2. The fourth-order valence-electron chi connectivity index (χ4n) is 4.93. The van der Waals surface area contributed by atoms with E-state index in [1.807, 2.05) is 30.3 Å². The van der Waals surface area contributed by atoms with Crippen LogP contribution in [0.3, 0.4) is 0 Å². The quantitative estimate of drug-likeness (QED) is 0.513. The molecule has 2 heterocycles. The van der Waals surface area contributed by atoms with Gasteiger partial charge in [-0.1, -0.05) is 24.3 Å². The molecule has 2 aromatic heterocycles. The second kappa shape index (κ2) is 7.48. The number of aliphatic carboxylic acids is 1. The molecule has 33 heavy (non-hydrogen) atoms. The molecule has 166 valence electrons. The molecule has 8 nitrogen and oxygen atoms in total. The number of aromatic nitrogens is 2. The van der Waals surface area contributed by atoms with E-state index in [4.69, 9.17) is 9.15 Å². The molecule has 0 spiro atoms. The second-order valence-electron chi connectivity index (χ2n) is 8.36. The lowest BCUT2D eigenvalue weighted by Gasteiger charge is -2.33. The molecular formula is C25H21N3O5. The van der Waals surface area contributed by atoms with Crippen LogP contribution in [0.5, 0.6) is 5.75 Å². The minimum Gasteiger partial charge on any atom is -0.493 e. The summed E-state index contributed by atoms with van der Waals surface area (Å²) in [5.41, 5.74) is 1.63. The zero-order chi connectivity index (χ0) is 23.3. The molecule has 0 saturated heterocycles. The van der Waals surface area contributed by atoms with Gasteiger partial charge in [0.15, 0.2) is 11.3 Å². The normalized spacial score (nSPS) is 17.6. The molecule has 0 amide bonds. The first kappa shape index (κ1) is 20.8. The van der Waals surface area contributed by atoms with Crippen LogP contribution in [0.1, 0.15) is 29.1 Å². The molecule has 8 heteroatoms. The summed E-state index contributed by atoms with van der Waals surface area (Å²) < 4.78 is 12.8. The smallest absolute Gasteiger partial charge is 0.323 e. The highest BCUT2D eigenvalue weighted by Crippen LogP contribution is 2.45. The van der Waals surface area contributed by atoms with Gasteiger partial charge in [-0.2, -0.15) is 5.26 Å². The van der Waals surface area contributed by atoms with Crippen LogP contribution in [0, 0.1) is 18.3 Å². The summed E-state index contributed by atoms with van der Waals surface area (Å²) in [5.74, 6) is -0.195. The lowest BCUT2D eigenvalue weighted by atomic mass is 9.68. The van der Waals surface area contributed by atoms with Gasteiger partial charge in [0.05, 0.1) is 24.3 Å². The van der Waals surface area contributed by atoms with E-state index in [1.54, 1.807) is 20.1 Å². The number of carboxylic acids is 1. The van der Waals surface area contributed by atoms with Crippen molar-refractivity contribution in [3.8, 4) is 11.8 Å². The fraction of sp³-hybridized carbons (Fsp3) is 0.280. The predicted molar refractivity (Wildman–Crippen MR) is 120 cm³/mol. The van der Waals surface area contributed by atoms with Crippen molar-refractivity contribution >= 4 is 27.9 Å². The Bertz CT molecular complexity index is 1540. The molecule has 1 N–H and O–H groups in total. The highest BCUT2D eigenvalue weighted by Gasteiger charge is 2.41. The van der Waals surface area contributed by atoms with Gasteiger partial charge in [-0.3, -0.25) is 14.2 Å². The number of fused-ring (bicyclic) bond motifs is 4. The first-order chi connectivity index (χ1) is 15.9. The summed E-state index contributed by atoms with van der Waals surface area (Å²) in [4.78, 5) is 29.0. The number of benzene rings is 2. The Hall–Kier alpha value is -4.12. The van der Waals surface area contributed by atoms with Crippen molar-refractivity contribution < 1.29 is 19.1 Å². The van der Waals surface area contributed by atoms with Crippen molar-refractivity contribution in [2.75, 3.05) is 7.11 Å². The van der Waals surface area contributed by atoms with E-state index < -0.39 is 23.5 Å². The van der Waals surface area contributed by atoms with E-state index in [2.05, 4.69) is 11.1 Å². The van der Waals surface area contributed by atoms with Gasteiger partial charge in [-0.05, 0) is 37.5 Å². The molecule has 1 atom stereocenters. The van der Waals surface area contributed by atoms with E-state index in [-0.39, 0.29) is 6.42 Å².